The van der Waals surface area contributed by atoms with Crippen molar-refractivity contribution in [3.8, 4) is 17.2 Å². The number of nitrogens with two attached hydrogens (primary N) is 1. The van der Waals surface area contributed by atoms with Crippen molar-refractivity contribution in [2.45, 2.75) is 20.3 Å². The first-order chi connectivity index (χ1) is 11.2. The second-order valence-corrected chi connectivity index (χ2v) is 5.44. The van der Waals surface area contributed by atoms with Crippen LogP contribution in [0.25, 0.3) is 0 Å². The number of hydrogen-bond acceptors (Lipinski definition) is 4. The lowest BCUT2D eigenvalue weighted by molar-refractivity contribution is 0.210. The highest BCUT2D eigenvalue weighted by atomic mass is 16.5. The largest absolute Gasteiger partial charge is 0.493 e. The minimum absolute atomic E-state index is 0.459. The molecule has 124 valence electrons. The summed E-state index contributed by atoms with van der Waals surface area (Å²) in [6.45, 7) is 5.65. The van der Waals surface area contributed by atoms with Gasteiger partial charge in [-0.3, -0.25) is 0 Å². The molecule has 0 saturated carbocycles. The van der Waals surface area contributed by atoms with Crippen molar-refractivity contribution in [1.82, 2.24) is 0 Å². The Bertz CT molecular complexity index is 620. The summed E-state index contributed by atoms with van der Waals surface area (Å²) in [7, 11) is 1.64. The lowest BCUT2D eigenvalue weighted by Crippen LogP contribution is -2.11. The standard InChI is InChI=1S/C19H25NO3/c1-14-5-4-6-15(2)19(14)23-12-11-22-17-8-7-16(9-10-20)13-18(17)21-3/h4-8,13H,9-12,20H2,1-3H3. The third kappa shape index (κ3) is 4.63. The van der Waals surface area contributed by atoms with E-state index >= 15 is 0 Å². The van der Waals surface area contributed by atoms with E-state index in [2.05, 4.69) is 0 Å². The molecule has 0 bridgehead atoms. The van der Waals surface area contributed by atoms with Crippen molar-refractivity contribution in [2.24, 2.45) is 5.73 Å². The van der Waals surface area contributed by atoms with Crippen molar-refractivity contribution in [1.29, 1.82) is 0 Å². The summed E-state index contributed by atoms with van der Waals surface area (Å²) in [5.74, 6) is 2.38. The van der Waals surface area contributed by atoms with E-state index in [1.54, 1.807) is 7.11 Å². The summed E-state index contributed by atoms with van der Waals surface area (Å²) >= 11 is 0. The average Bonchev–Trinajstić information content (AvgIpc) is 2.55. The SMILES string of the molecule is COc1cc(CCN)ccc1OCCOc1c(C)cccc1C. The van der Waals surface area contributed by atoms with E-state index in [9.17, 15) is 0 Å². The molecule has 0 spiro atoms. The highest BCUT2D eigenvalue weighted by Crippen LogP contribution is 2.28. The smallest absolute Gasteiger partial charge is 0.161 e. The van der Waals surface area contributed by atoms with Gasteiger partial charge in [-0.1, -0.05) is 24.3 Å². The summed E-state index contributed by atoms with van der Waals surface area (Å²) < 4.78 is 17.0. The average molecular weight is 315 g/mol. The maximum absolute atomic E-state index is 5.84. The summed E-state index contributed by atoms with van der Waals surface area (Å²) in [5, 5.41) is 0. The van der Waals surface area contributed by atoms with Crippen LogP contribution in [0.1, 0.15) is 16.7 Å². The molecule has 0 heterocycles. The number of benzene rings is 2. The van der Waals surface area contributed by atoms with Gasteiger partial charge in [-0.2, -0.15) is 0 Å². The molecular weight excluding hydrogens is 290 g/mol. The fourth-order valence-corrected chi connectivity index (χ4v) is 2.48. The van der Waals surface area contributed by atoms with Gasteiger partial charge in [-0.05, 0) is 55.6 Å². The Morgan fingerprint density at radius 2 is 1.61 bits per heavy atom. The van der Waals surface area contributed by atoms with Gasteiger partial charge in [0.05, 0.1) is 7.11 Å². The first kappa shape index (κ1) is 17.2. The van der Waals surface area contributed by atoms with Crippen LogP contribution in [0.3, 0.4) is 0 Å². The molecule has 2 aromatic carbocycles. The molecule has 0 aliphatic rings. The van der Waals surface area contributed by atoms with Crippen LogP contribution in [0.5, 0.6) is 17.2 Å². The number of rotatable bonds is 8. The second kappa shape index (κ2) is 8.44. The second-order valence-electron chi connectivity index (χ2n) is 5.44. The Balaban J connectivity index is 1.91. The fraction of sp³-hybridized carbons (Fsp3) is 0.368. The first-order valence-electron chi connectivity index (χ1n) is 7.84. The Kier molecular flexibility index (Phi) is 6.29. The Morgan fingerprint density at radius 3 is 2.26 bits per heavy atom. The van der Waals surface area contributed by atoms with Crippen molar-refractivity contribution in [3.63, 3.8) is 0 Å². The maximum Gasteiger partial charge on any atom is 0.161 e. The van der Waals surface area contributed by atoms with Crippen LogP contribution >= 0.6 is 0 Å². The van der Waals surface area contributed by atoms with Crippen molar-refractivity contribution in [2.75, 3.05) is 26.9 Å². The number of hydrogen-bond donors (Lipinski definition) is 1. The molecule has 0 radical (unpaired) electrons. The molecule has 2 rings (SSSR count). The van der Waals surface area contributed by atoms with Crippen LogP contribution in [0.2, 0.25) is 0 Å². The predicted molar refractivity (Wildman–Crippen MR) is 92.7 cm³/mol. The van der Waals surface area contributed by atoms with Crippen molar-refractivity contribution >= 4 is 0 Å². The summed E-state index contributed by atoms with van der Waals surface area (Å²) in [4.78, 5) is 0. The molecule has 0 fully saturated rings. The van der Waals surface area contributed by atoms with E-state index in [1.165, 1.54) is 0 Å². The Morgan fingerprint density at radius 1 is 0.913 bits per heavy atom. The lowest BCUT2D eigenvalue weighted by Gasteiger charge is -2.14. The zero-order valence-corrected chi connectivity index (χ0v) is 14.1. The molecular formula is C19H25NO3. The van der Waals surface area contributed by atoms with Gasteiger partial charge < -0.3 is 19.9 Å². The molecule has 23 heavy (non-hydrogen) atoms. The molecule has 0 aliphatic carbocycles. The van der Waals surface area contributed by atoms with E-state index < -0.39 is 0 Å². The molecule has 0 aromatic heterocycles. The normalized spacial score (nSPS) is 10.4. The zero-order valence-electron chi connectivity index (χ0n) is 14.1. The topological polar surface area (TPSA) is 53.7 Å². The highest BCUT2D eigenvalue weighted by Gasteiger charge is 2.07. The molecule has 4 nitrogen and oxygen atoms in total. The zero-order chi connectivity index (χ0) is 16.7. The maximum atomic E-state index is 5.84. The molecule has 0 saturated heterocycles. The fourth-order valence-electron chi connectivity index (χ4n) is 2.48. The van der Waals surface area contributed by atoms with Gasteiger partial charge in [0.15, 0.2) is 11.5 Å². The van der Waals surface area contributed by atoms with Crippen LogP contribution in [-0.2, 0) is 6.42 Å². The van der Waals surface area contributed by atoms with Gasteiger partial charge in [0.2, 0.25) is 0 Å². The van der Waals surface area contributed by atoms with Gasteiger partial charge in [0, 0.05) is 0 Å². The van der Waals surface area contributed by atoms with Gasteiger partial charge >= 0.3 is 0 Å². The molecule has 0 aliphatic heterocycles. The number of aryl methyl sites for hydroxylation is 2. The van der Waals surface area contributed by atoms with E-state index in [4.69, 9.17) is 19.9 Å². The lowest BCUT2D eigenvalue weighted by atomic mass is 10.1. The molecule has 4 heteroatoms. The monoisotopic (exact) mass is 315 g/mol. The third-order valence-corrected chi connectivity index (χ3v) is 3.66. The minimum Gasteiger partial charge on any atom is -0.493 e. The summed E-state index contributed by atoms with van der Waals surface area (Å²) in [6, 6.07) is 12.0. The van der Waals surface area contributed by atoms with Crippen LogP contribution < -0.4 is 19.9 Å². The Labute approximate surface area is 138 Å². The van der Waals surface area contributed by atoms with Gasteiger partial charge in [-0.25, -0.2) is 0 Å². The number of methoxy groups -OCH3 is 1. The number of ether oxygens (including phenoxy) is 3. The quantitative estimate of drug-likeness (QED) is 0.760. The highest BCUT2D eigenvalue weighted by molar-refractivity contribution is 5.43. The van der Waals surface area contributed by atoms with Crippen molar-refractivity contribution < 1.29 is 14.2 Å². The van der Waals surface area contributed by atoms with Crippen LogP contribution in [-0.4, -0.2) is 26.9 Å². The molecule has 2 aromatic rings. The minimum atomic E-state index is 0.459. The number of para-hydroxylation sites is 1. The molecule has 0 amide bonds. The Hall–Kier alpha value is -2.20. The first-order valence-corrected chi connectivity index (χ1v) is 7.84. The molecule has 0 unspecified atom stereocenters. The van der Waals surface area contributed by atoms with Crippen LogP contribution in [0.4, 0.5) is 0 Å². The summed E-state index contributed by atoms with van der Waals surface area (Å²) in [5.41, 5.74) is 8.99. The summed E-state index contributed by atoms with van der Waals surface area (Å²) in [6.07, 6.45) is 0.826. The van der Waals surface area contributed by atoms with Crippen LogP contribution in [0.15, 0.2) is 36.4 Å². The van der Waals surface area contributed by atoms with Gasteiger partial charge in [0.1, 0.15) is 19.0 Å². The van der Waals surface area contributed by atoms with Gasteiger partial charge in [-0.15, -0.1) is 0 Å². The van der Waals surface area contributed by atoms with E-state index in [0.717, 1.165) is 40.4 Å². The van der Waals surface area contributed by atoms with Crippen molar-refractivity contribution in [3.05, 3.63) is 53.1 Å². The van der Waals surface area contributed by atoms with Crippen LogP contribution in [0, 0.1) is 13.8 Å². The van der Waals surface area contributed by atoms with E-state index in [-0.39, 0.29) is 0 Å². The third-order valence-electron chi connectivity index (χ3n) is 3.66. The van der Waals surface area contributed by atoms with E-state index in [0.29, 0.717) is 19.8 Å². The van der Waals surface area contributed by atoms with E-state index in [1.807, 2.05) is 50.2 Å². The predicted octanol–water partition coefficient (Wildman–Crippen LogP) is 3.27. The molecule has 0 atom stereocenters. The van der Waals surface area contributed by atoms with Gasteiger partial charge in [0.25, 0.3) is 0 Å². The molecule has 2 N–H and O–H groups in total.